The van der Waals surface area contributed by atoms with Gasteiger partial charge in [0.15, 0.2) is 5.03 Å². The van der Waals surface area contributed by atoms with Gasteiger partial charge in [-0.25, -0.2) is 22.2 Å². The highest BCUT2D eigenvalue weighted by atomic mass is 32.2. The molecule has 1 N–H and O–H groups in total. The summed E-state index contributed by atoms with van der Waals surface area (Å²) in [5.41, 5.74) is 1.32. The van der Waals surface area contributed by atoms with Crippen LogP contribution in [-0.2, 0) is 23.6 Å². The maximum Gasteiger partial charge on any atom is 0.262 e. The molecule has 9 heteroatoms. The van der Waals surface area contributed by atoms with Gasteiger partial charge in [-0.2, -0.15) is 4.31 Å². The first kappa shape index (κ1) is 20.6. The van der Waals surface area contributed by atoms with Gasteiger partial charge in [0.1, 0.15) is 11.6 Å². The summed E-state index contributed by atoms with van der Waals surface area (Å²) in [5.74, 6) is -0.888. The van der Waals surface area contributed by atoms with Crippen molar-refractivity contribution in [2.24, 2.45) is 7.05 Å². The number of hydrogen-bond donors (Lipinski definition) is 1. The van der Waals surface area contributed by atoms with Gasteiger partial charge in [0, 0.05) is 50.4 Å². The fourth-order valence-corrected chi connectivity index (χ4v) is 5.21. The van der Waals surface area contributed by atoms with Gasteiger partial charge >= 0.3 is 0 Å². The quantitative estimate of drug-likeness (QED) is 0.650. The van der Waals surface area contributed by atoms with Crippen molar-refractivity contribution >= 4 is 10.0 Å². The summed E-state index contributed by atoms with van der Waals surface area (Å²) in [7, 11) is -2.07. The lowest BCUT2D eigenvalue weighted by atomic mass is 9.94. The summed E-state index contributed by atoms with van der Waals surface area (Å²) >= 11 is 0. The number of aromatic nitrogens is 2. The van der Waals surface area contributed by atoms with Crippen LogP contribution in [0.5, 0.6) is 0 Å². The zero-order valence-electron chi connectivity index (χ0n) is 16.4. The zero-order chi connectivity index (χ0) is 21.3. The van der Waals surface area contributed by atoms with Crippen molar-refractivity contribution in [2.45, 2.75) is 23.5 Å². The van der Waals surface area contributed by atoms with E-state index in [0.29, 0.717) is 5.56 Å². The number of nitrogens with one attached hydrogen (secondary N) is 1. The van der Waals surface area contributed by atoms with E-state index < -0.39 is 10.0 Å². The highest BCUT2D eigenvalue weighted by molar-refractivity contribution is 7.89. The minimum atomic E-state index is -3.78. The molecule has 1 aromatic heterocycles. The third-order valence-electron chi connectivity index (χ3n) is 5.38. The number of rotatable bonds is 6. The molecule has 0 aliphatic carbocycles. The van der Waals surface area contributed by atoms with Crippen molar-refractivity contribution in [1.29, 1.82) is 0 Å². The average molecular weight is 432 g/mol. The molecule has 2 atom stereocenters. The van der Waals surface area contributed by atoms with E-state index in [1.165, 1.54) is 35.0 Å². The molecule has 0 amide bonds. The highest BCUT2D eigenvalue weighted by Crippen LogP contribution is 2.31. The Labute approximate surface area is 174 Å². The number of aryl methyl sites for hydroxylation is 1. The molecule has 2 aromatic carbocycles. The van der Waals surface area contributed by atoms with Crippen LogP contribution in [0, 0.1) is 11.6 Å². The predicted molar refractivity (Wildman–Crippen MR) is 108 cm³/mol. The van der Waals surface area contributed by atoms with Crippen molar-refractivity contribution in [3.8, 4) is 0 Å². The average Bonchev–Trinajstić information content (AvgIpc) is 3.35. The van der Waals surface area contributed by atoms with Gasteiger partial charge < -0.3 is 9.88 Å². The van der Waals surface area contributed by atoms with E-state index in [0.717, 1.165) is 5.56 Å². The maximum absolute atomic E-state index is 14.0. The normalized spacial score (nSPS) is 20.0. The van der Waals surface area contributed by atoms with E-state index in [9.17, 15) is 17.2 Å². The van der Waals surface area contributed by atoms with Crippen molar-refractivity contribution in [2.75, 3.05) is 13.1 Å². The molecular weight excluding hydrogens is 410 g/mol. The van der Waals surface area contributed by atoms with Gasteiger partial charge in [-0.1, -0.05) is 30.3 Å². The minimum absolute atomic E-state index is 0.0161. The molecule has 3 aromatic rings. The van der Waals surface area contributed by atoms with Gasteiger partial charge in [-0.3, -0.25) is 0 Å². The summed E-state index contributed by atoms with van der Waals surface area (Å²) in [6, 6.07) is 12.2. The molecule has 1 saturated heterocycles. The molecule has 1 fully saturated rings. The summed E-state index contributed by atoms with van der Waals surface area (Å²) < 4.78 is 56.5. The van der Waals surface area contributed by atoms with E-state index in [4.69, 9.17) is 0 Å². The van der Waals surface area contributed by atoms with Crippen LogP contribution in [-0.4, -0.2) is 41.4 Å². The summed E-state index contributed by atoms with van der Waals surface area (Å²) in [5, 5.41) is 3.28. The van der Waals surface area contributed by atoms with Gasteiger partial charge in [0.25, 0.3) is 10.0 Å². The largest absolute Gasteiger partial charge is 0.339 e. The Hall–Kier alpha value is -2.62. The lowest BCUT2D eigenvalue weighted by Crippen LogP contribution is -2.36. The predicted octanol–water partition coefficient (Wildman–Crippen LogP) is 2.64. The van der Waals surface area contributed by atoms with Crippen molar-refractivity contribution in [3.63, 3.8) is 0 Å². The number of nitrogens with zero attached hydrogens (tertiary/aromatic N) is 3. The third kappa shape index (κ3) is 4.14. The molecule has 0 spiro atoms. The Kier molecular flexibility index (Phi) is 5.68. The number of imidazole rings is 1. The van der Waals surface area contributed by atoms with E-state index in [2.05, 4.69) is 10.3 Å². The molecule has 6 nitrogen and oxygen atoms in total. The van der Waals surface area contributed by atoms with Crippen molar-refractivity contribution in [1.82, 2.24) is 19.2 Å². The minimum Gasteiger partial charge on any atom is -0.339 e. The zero-order valence-corrected chi connectivity index (χ0v) is 17.2. The molecule has 0 bridgehead atoms. The molecule has 2 heterocycles. The van der Waals surface area contributed by atoms with Crippen LogP contribution in [0.15, 0.2) is 66.1 Å². The summed E-state index contributed by atoms with van der Waals surface area (Å²) in [4.78, 5) is 3.99. The second kappa shape index (κ2) is 8.25. The maximum atomic E-state index is 14.0. The van der Waals surface area contributed by atoms with E-state index >= 15 is 0 Å². The molecule has 30 heavy (non-hydrogen) atoms. The molecule has 1 aliphatic rings. The Morgan fingerprint density at radius 1 is 1.10 bits per heavy atom. The van der Waals surface area contributed by atoms with Crippen molar-refractivity contribution < 1.29 is 17.2 Å². The van der Waals surface area contributed by atoms with E-state index in [1.807, 2.05) is 0 Å². The Morgan fingerprint density at radius 3 is 2.50 bits per heavy atom. The Balaban J connectivity index is 1.60. The van der Waals surface area contributed by atoms with Gasteiger partial charge in [0.2, 0.25) is 0 Å². The van der Waals surface area contributed by atoms with Crippen LogP contribution < -0.4 is 5.32 Å². The lowest BCUT2D eigenvalue weighted by Gasteiger charge is -2.20. The molecule has 0 saturated carbocycles. The van der Waals surface area contributed by atoms with Crippen LogP contribution in [0.3, 0.4) is 0 Å². The molecule has 1 aliphatic heterocycles. The topological polar surface area (TPSA) is 67.2 Å². The molecule has 0 radical (unpaired) electrons. The highest BCUT2D eigenvalue weighted by Gasteiger charge is 2.40. The van der Waals surface area contributed by atoms with Crippen LogP contribution in [0.25, 0.3) is 0 Å². The number of halogens is 2. The Morgan fingerprint density at radius 2 is 1.83 bits per heavy atom. The van der Waals surface area contributed by atoms with Gasteiger partial charge in [0.05, 0.1) is 6.33 Å². The summed E-state index contributed by atoms with van der Waals surface area (Å²) in [6.07, 6.45) is 2.90. The van der Waals surface area contributed by atoms with Crippen LogP contribution >= 0.6 is 0 Å². The third-order valence-corrected chi connectivity index (χ3v) is 7.10. The first-order chi connectivity index (χ1) is 14.3. The number of sulfonamides is 1. The Bertz CT molecular complexity index is 1130. The van der Waals surface area contributed by atoms with Gasteiger partial charge in [-0.05, 0) is 23.8 Å². The standard InChI is InChI=1S/C21H22F2N4O2S/c1-26-13-21(25-14-26)30(28,29)27-11-18(15-6-8-17(22)9-7-15)20(12-27)24-10-16-4-2-3-5-19(16)23/h2-9,13-14,18,20,24H,10-12H2,1H3/t18-,20+/m1/s1. The van der Waals surface area contributed by atoms with E-state index in [-0.39, 0.29) is 48.3 Å². The van der Waals surface area contributed by atoms with Gasteiger partial charge in [-0.15, -0.1) is 0 Å². The molecular formula is C21H22F2N4O2S. The monoisotopic (exact) mass is 432 g/mol. The molecule has 158 valence electrons. The fraction of sp³-hybridized carbons (Fsp3) is 0.286. The molecule has 0 unspecified atom stereocenters. The van der Waals surface area contributed by atoms with Crippen molar-refractivity contribution in [3.05, 3.63) is 83.8 Å². The number of benzene rings is 2. The molecule has 4 rings (SSSR count). The number of hydrogen-bond acceptors (Lipinski definition) is 4. The second-order valence-corrected chi connectivity index (χ2v) is 9.32. The fourth-order valence-electron chi connectivity index (χ4n) is 3.76. The van der Waals surface area contributed by atoms with Crippen LogP contribution in [0.1, 0.15) is 17.0 Å². The second-order valence-electron chi connectivity index (χ2n) is 7.44. The first-order valence-electron chi connectivity index (χ1n) is 9.55. The van der Waals surface area contributed by atoms with Crippen LogP contribution in [0.2, 0.25) is 0 Å². The summed E-state index contributed by atoms with van der Waals surface area (Å²) in [6.45, 7) is 0.682. The first-order valence-corrected chi connectivity index (χ1v) is 11.0. The smallest absolute Gasteiger partial charge is 0.262 e. The lowest BCUT2D eigenvalue weighted by molar-refractivity contribution is 0.451. The van der Waals surface area contributed by atoms with E-state index in [1.54, 1.807) is 41.9 Å². The van der Waals surface area contributed by atoms with Crippen LogP contribution in [0.4, 0.5) is 8.78 Å². The SMILES string of the molecule is Cn1cnc(S(=O)(=O)N2C[C@H](NCc3ccccc3F)[C@@H](c3ccc(F)cc3)C2)c1.